The van der Waals surface area contributed by atoms with E-state index in [1.54, 1.807) is 0 Å². The van der Waals surface area contributed by atoms with Crippen LogP contribution in [0.1, 0.15) is 34.2 Å². The molecule has 0 spiro atoms. The summed E-state index contributed by atoms with van der Waals surface area (Å²) in [5.41, 5.74) is 3.86. The highest BCUT2D eigenvalue weighted by Crippen LogP contribution is 2.26. The second kappa shape index (κ2) is 5.13. The summed E-state index contributed by atoms with van der Waals surface area (Å²) in [5.74, 6) is -1.78. The van der Waals surface area contributed by atoms with E-state index in [4.69, 9.17) is 0 Å². The molecular weight excluding hydrogens is 248 g/mol. The Bertz CT molecular complexity index is 604. The molecule has 0 bridgehead atoms. The lowest BCUT2D eigenvalue weighted by Gasteiger charge is -2.11. The van der Waals surface area contributed by atoms with Crippen molar-refractivity contribution in [3.05, 3.63) is 57.9 Å². The van der Waals surface area contributed by atoms with Gasteiger partial charge in [-0.25, -0.2) is 8.78 Å². The van der Waals surface area contributed by atoms with Crippen LogP contribution in [0, 0.1) is 32.4 Å². The SMILES string of the molecule is Cc1[nH]c(C(O)Cc2cccc(F)c2F)c(C)c1C. The zero-order valence-electron chi connectivity index (χ0n) is 11.2. The predicted molar refractivity (Wildman–Crippen MR) is 70.0 cm³/mol. The number of H-pyrrole nitrogens is 1. The van der Waals surface area contributed by atoms with E-state index in [1.165, 1.54) is 12.1 Å². The molecule has 1 unspecified atom stereocenters. The third kappa shape index (κ3) is 2.54. The quantitative estimate of drug-likeness (QED) is 0.875. The van der Waals surface area contributed by atoms with Crippen LogP contribution in [-0.2, 0) is 6.42 Å². The molecule has 0 aliphatic heterocycles. The number of hydrogen-bond acceptors (Lipinski definition) is 1. The van der Waals surface area contributed by atoms with Gasteiger partial charge in [0.2, 0.25) is 0 Å². The van der Waals surface area contributed by atoms with E-state index < -0.39 is 17.7 Å². The third-order valence-corrected chi connectivity index (χ3v) is 3.63. The molecule has 102 valence electrons. The molecule has 4 heteroatoms. The minimum Gasteiger partial charge on any atom is -0.387 e. The van der Waals surface area contributed by atoms with Crippen LogP contribution in [0.5, 0.6) is 0 Å². The van der Waals surface area contributed by atoms with E-state index in [-0.39, 0.29) is 12.0 Å². The van der Waals surface area contributed by atoms with Crippen LogP contribution in [0.2, 0.25) is 0 Å². The topological polar surface area (TPSA) is 36.0 Å². The van der Waals surface area contributed by atoms with Gasteiger partial charge in [0.25, 0.3) is 0 Å². The summed E-state index contributed by atoms with van der Waals surface area (Å²) in [7, 11) is 0. The number of aromatic nitrogens is 1. The lowest BCUT2D eigenvalue weighted by molar-refractivity contribution is 0.172. The van der Waals surface area contributed by atoms with Gasteiger partial charge in [-0.1, -0.05) is 12.1 Å². The Kier molecular flexibility index (Phi) is 3.71. The van der Waals surface area contributed by atoms with Crippen LogP contribution in [0.3, 0.4) is 0 Å². The molecule has 2 nitrogen and oxygen atoms in total. The number of halogens is 2. The van der Waals surface area contributed by atoms with Crippen molar-refractivity contribution >= 4 is 0 Å². The number of aromatic amines is 1. The Morgan fingerprint density at radius 3 is 2.42 bits per heavy atom. The van der Waals surface area contributed by atoms with Crippen LogP contribution >= 0.6 is 0 Å². The molecule has 0 amide bonds. The van der Waals surface area contributed by atoms with Crippen LogP contribution in [0.4, 0.5) is 8.78 Å². The zero-order valence-corrected chi connectivity index (χ0v) is 11.2. The van der Waals surface area contributed by atoms with Crippen molar-refractivity contribution in [2.24, 2.45) is 0 Å². The third-order valence-electron chi connectivity index (χ3n) is 3.63. The van der Waals surface area contributed by atoms with Crippen LogP contribution in [0.25, 0.3) is 0 Å². The van der Waals surface area contributed by atoms with E-state index in [0.29, 0.717) is 5.69 Å². The molecule has 2 N–H and O–H groups in total. The highest BCUT2D eigenvalue weighted by atomic mass is 19.2. The normalized spacial score (nSPS) is 12.7. The molecule has 0 aliphatic rings. The molecule has 0 saturated heterocycles. The minimum atomic E-state index is -0.890. The average Bonchev–Trinajstić information content (AvgIpc) is 2.63. The highest BCUT2D eigenvalue weighted by molar-refractivity contribution is 5.36. The van der Waals surface area contributed by atoms with Crippen molar-refractivity contribution in [2.45, 2.75) is 33.3 Å². The molecule has 1 heterocycles. The number of aliphatic hydroxyl groups excluding tert-OH is 1. The van der Waals surface area contributed by atoms with Crippen molar-refractivity contribution in [3.63, 3.8) is 0 Å². The van der Waals surface area contributed by atoms with Gasteiger partial charge in [-0.3, -0.25) is 0 Å². The fourth-order valence-electron chi connectivity index (χ4n) is 2.22. The van der Waals surface area contributed by atoms with Gasteiger partial charge in [0.15, 0.2) is 11.6 Å². The Labute approximate surface area is 111 Å². The van der Waals surface area contributed by atoms with E-state index in [1.807, 2.05) is 20.8 Å². The van der Waals surface area contributed by atoms with Gasteiger partial charge in [0.05, 0.1) is 6.10 Å². The first kappa shape index (κ1) is 13.7. The van der Waals surface area contributed by atoms with E-state index in [9.17, 15) is 13.9 Å². The first-order chi connectivity index (χ1) is 8.91. The van der Waals surface area contributed by atoms with Gasteiger partial charge in [-0.2, -0.15) is 0 Å². The van der Waals surface area contributed by atoms with Gasteiger partial charge in [-0.05, 0) is 43.5 Å². The van der Waals surface area contributed by atoms with Crippen LogP contribution in [-0.4, -0.2) is 10.1 Å². The summed E-state index contributed by atoms with van der Waals surface area (Å²) in [6.07, 6.45) is -0.826. The fraction of sp³-hybridized carbons (Fsp3) is 0.333. The number of aliphatic hydroxyl groups is 1. The van der Waals surface area contributed by atoms with E-state index >= 15 is 0 Å². The predicted octanol–water partition coefficient (Wildman–Crippen LogP) is 3.49. The van der Waals surface area contributed by atoms with E-state index in [0.717, 1.165) is 22.9 Å². The Morgan fingerprint density at radius 1 is 1.16 bits per heavy atom. The smallest absolute Gasteiger partial charge is 0.162 e. The van der Waals surface area contributed by atoms with Crippen molar-refractivity contribution in [2.75, 3.05) is 0 Å². The maximum atomic E-state index is 13.6. The number of hydrogen-bond donors (Lipinski definition) is 2. The standard InChI is InChI=1S/C15H17F2NO/c1-8-9(2)15(18-10(8)3)13(19)7-11-5-4-6-12(16)14(11)17/h4-6,13,18-19H,7H2,1-3H3. The average molecular weight is 265 g/mol. The molecule has 0 fully saturated rings. The first-order valence-corrected chi connectivity index (χ1v) is 6.18. The maximum Gasteiger partial charge on any atom is 0.162 e. The molecule has 0 saturated carbocycles. The van der Waals surface area contributed by atoms with E-state index in [2.05, 4.69) is 4.98 Å². The zero-order chi connectivity index (χ0) is 14.2. The molecule has 0 radical (unpaired) electrons. The summed E-state index contributed by atoms with van der Waals surface area (Å²) in [6, 6.07) is 4.00. The van der Waals surface area contributed by atoms with Gasteiger partial charge < -0.3 is 10.1 Å². The second-order valence-corrected chi connectivity index (χ2v) is 4.85. The largest absolute Gasteiger partial charge is 0.387 e. The minimum absolute atomic E-state index is 0.0455. The molecule has 1 aromatic heterocycles. The number of benzene rings is 1. The fourth-order valence-corrected chi connectivity index (χ4v) is 2.22. The van der Waals surface area contributed by atoms with Gasteiger partial charge in [0, 0.05) is 17.8 Å². The molecular formula is C15H17F2NO. The van der Waals surface area contributed by atoms with Gasteiger partial charge in [-0.15, -0.1) is 0 Å². The van der Waals surface area contributed by atoms with Crippen molar-refractivity contribution in [1.29, 1.82) is 0 Å². The molecule has 1 atom stereocenters. The second-order valence-electron chi connectivity index (χ2n) is 4.85. The lowest BCUT2D eigenvalue weighted by atomic mass is 10.0. The molecule has 1 aromatic carbocycles. The Morgan fingerprint density at radius 2 is 1.84 bits per heavy atom. The summed E-state index contributed by atoms with van der Waals surface area (Å²) in [4.78, 5) is 3.10. The molecule has 0 aliphatic carbocycles. The monoisotopic (exact) mass is 265 g/mol. The van der Waals surface area contributed by atoms with Crippen LogP contribution in [0.15, 0.2) is 18.2 Å². The summed E-state index contributed by atoms with van der Waals surface area (Å²) < 4.78 is 26.7. The number of aryl methyl sites for hydroxylation is 1. The highest BCUT2D eigenvalue weighted by Gasteiger charge is 2.18. The molecule has 2 aromatic rings. The van der Waals surface area contributed by atoms with Crippen molar-refractivity contribution in [1.82, 2.24) is 4.98 Å². The van der Waals surface area contributed by atoms with Gasteiger partial charge in [0.1, 0.15) is 0 Å². The molecule has 2 rings (SSSR count). The van der Waals surface area contributed by atoms with Crippen LogP contribution < -0.4 is 0 Å². The summed E-state index contributed by atoms with van der Waals surface area (Å²) in [6.45, 7) is 5.78. The number of rotatable bonds is 3. The summed E-state index contributed by atoms with van der Waals surface area (Å²) in [5, 5.41) is 10.2. The first-order valence-electron chi connectivity index (χ1n) is 6.18. The summed E-state index contributed by atoms with van der Waals surface area (Å²) >= 11 is 0. The molecule has 19 heavy (non-hydrogen) atoms. The number of nitrogens with one attached hydrogen (secondary N) is 1. The Balaban J connectivity index is 2.28. The van der Waals surface area contributed by atoms with Crippen molar-refractivity contribution < 1.29 is 13.9 Å². The Hall–Kier alpha value is -1.68. The lowest BCUT2D eigenvalue weighted by Crippen LogP contribution is -2.06. The van der Waals surface area contributed by atoms with Gasteiger partial charge >= 0.3 is 0 Å². The van der Waals surface area contributed by atoms with Crippen molar-refractivity contribution in [3.8, 4) is 0 Å². The maximum absolute atomic E-state index is 13.6.